The van der Waals surface area contributed by atoms with Gasteiger partial charge in [-0.05, 0) is 64.5 Å². The number of unbranched alkanes of at least 4 members (excludes halogenated alkanes) is 22. The second-order valence-corrected chi connectivity index (χ2v) is 18.6. The van der Waals surface area contributed by atoms with Crippen molar-refractivity contribution in [2.45, 2.75) is 233 Å². The van der Waals surface area contributed by atoms with Crippen molar-refractivity contribution < 1.29 is 24.2 Å². The number of nitrogens with zero attached hydrogens (tertiary/aromatic N) is 3. The van der Waals surface area contributed by atoms with Crippen LogP contribution in [0.25, 0.3) is 0 Å². The minimum absolute atomic E-state index is 0.0621. The maximum atomic E-state index is 13.1. The van der Waals surface area contributed by atoms with Gasteiger partial charge in [-0.15, -0.1) is 0 Å². The molecule has 1 heterocycles. The fourth-order valence-corrected chi connectivity index (χ4v) is 8.90. The van der Waals surface area contributed by atoms with Crippen LogP contribution in [0.5, 0.6) is 0 Å². The van der Waals surface area contributed by atoms with Gasteiger partial charge in [0.05, 0.1) is 31.7 Å². The molecule has 0 aromatic carbocycles. The van der Waals surface area contributed by atoms with Crippen LogP contribution in [0.1, 0.15) is 233 Å². The van der Waals surface area contributed by atoms with Gasteiger partial charge in [0.1, 0.15) is 0 Å². The van der Waals surface area contributed by atoms with Crippen molar-refractivity contribution in [3.8, 4) is 0 Å². The van der Waals surface area contributed by atoms with Crippen LogP contribution in [0.2, 0.25) is 0 Å². The van der Waals surface area contributed by atoms with Crippen LogP contribution in [0.4, 0.5) is 0 Å². The average molecular weight is 850 g/mol. The minimum Gasteiger partial charge on any atom is -0.465 e. The van der Waals surface area contributed by atoms with Crippen molar-refractivity contribution in [3.63, 3.8) is 0 Å². The third kappa shape index (κ3) is 33.4. The minimum atomic E-state index is 0.0621. The lowest BCUT2D eigenvalue weighted by Crippen LogP contribution is -2.49. The molecule has 0 amide bonds. The number of rotatable bonds is 45. The van der Waals surface area contributed by atoms with Gasteiger partial charge in [0, 0.05) is 45.8 Å². The van der Waals surface area contributed by atoms with Crippen LogP contribution in [-0.2, 0) is 19.1 Å². The van der Waals surface area contributed by atoms with Gasteiger partial charge in [-0.1, -0.05) is 182 Å². The van der Waals surface area contributed by atoms with Crippen LogP contribution >= 0.6 is 0 Å². The zero-order valence-electron chi connectivity index (χ0n) is 40.7. The highest BCUT2D eigenvalue weighted by Crippen LogP contribution is 2.22. The van der Waals surface area contributed by atoms with Crippen LogP contribution in [-0.4, -0.2) is 110 Å². The van der Waals surface area contributed by atoms with Gasteiger partial charge in [0.2, 0.25) is 0 Å². The van der Waals surface area contributed by atoms with Gasteiger partial charge in [-0.3, -0.25) is 19.4 Å². The van der Waals surface area contributed by atoms with Crippen molar-refractivity contribution in [1.82, 2.24) is 14.7 Å². The number of hydrogen-bond acceptors (Lipinski definition) is 8. The van der Waals surface area contributed by atoms with Crippen molar-refractivity contribution >= 4 is 11.9 Å². The molecule has 1 aliphatic rings. The molecule has 0 aromatic heterocycles. The predicted octanol–water partition coefficient (Wildman–Crippen LogP) is 12.8. The van der Waals surface area contributed by atoms with E-state index < -0.39 is 0 Å². The fraction of sp³-hybridized carbons (Fsp3) is 0.962. The van der Waals surface area contributed by atoms with Gasteiger partial charge in [0.25, 0.3) is 0 Å². The van der Waals surface area contributed by atoms with E-state index in [4.69, 9.17) is 9.47 Å². The third-order valence-corrected chi connectivity index (χ3v) is 13.1. The predicted molar refractivity (Wildman–Crippen MR) is 256 cm³/mol. The van der Waals surface area contributed by atoms with E-state index in [2.05, 4.69) is 42.4 Å². The molecule has 2 atom stereocenters. The molecule has 1 N–H and O–H groups in total. The highest BCUT2D eigenvalue weighted by molar-refractivity contribution is 5.72. The molecular formula is C52H103N3O5. The molecule has 1 fully saturated rings. The summed E-state index contributed by atoms with van der Waals surface area (Å²) in [6.07, 6.45) is 37.8. The maximum absolute atomic E-state index is 13.1. The Morgan fingerprint density at radius 2 is 0.750 bits per heavy atom. The molecule has 0 bridgehead atoms. The van der Waals surface area contributed by atoms with E-state index in [1.165, 1.54) is 128 Å². The molecule has 0 radical (unpaired) electrons. The molecule has 1 rings (SSSR count). The summed E-state index contributed by atoms with van der Waals surface area (Å²) < 4.78 is 11.8. The molecule has 0 aliphatic carbocycles. The first kappa shape index (κ1) is 56.8. The Balaban J connectivity index is 2.46. The molecule has 8 heteroatoms. The summed E-state index contributed by atoms with van der Waals surface area (Å²) in [5.41, 5.74) is 0. The van der Waals surface area contributed by atoms with Crippen LogP contribution in [0.3, 0.4) is 0 Å². The van der Waals surface area contributed by atoms with Crippen molar-refractivity contribution in [2.24, 2.45) is 11.8 Å². The Hall–Kier alpha value is -1.22. The van der Waals surface area contributed by atoms with E-state index in [9.17, 15) is 14.7 Å². The maximum Gasteiger partial charge on any atom is 0.308 e. The number of hydrogen-bond donors (Lipinski definition) is 1. The van der Waals surface area contributed by atoms with E-state index in [1.807, 2.05) is 0 Å². The Labute approximate surface area is 373 Å². The fourth-order valence-electron chi connectivity index (χ4n) is 8.90. The number of aliphatic hydroxyl groups is 1. The number of aliphatic hydroxyl groups excluding tert-OH is 1. The lowest BCUT2D eigenvalue weighted by molar-refractivity contribution is -0.150. The van der Waals surface area contributed by atoms with Crippen molar-refractivity contribution in [2.75, 3.05) is 78.7 Å². The number of carbonyl (C=O) groups excluding carboxylic acids is 2. The summed E-state index contributed by atoms with van der Waals surface area (Å²) in [5.74, 6) is 0.303. The lowest BCUT2D eigenvalue weighted by atomic mass is 9.94. The standard InChI is InChI=1S/C52H103N3O5/c1-5-9-13-17-19-27-35-49(33-25-15-11-7-3)51(57)59-47-31-23-21-29-37-53(39-40-54-41-43-55(44-42-54)45-46-56)38-30-22-24-32-48-60-52(58)50(34-26-16-12-8-4)36-28-20-18-14-10-6-2/h49-50,56H,5-48H2,1-4H3. The van der Waals surface area contributed by atoms with Gasteiger partial charge in [-0.2, -0.15) is 0 Å². The highest BCUT2D eigenvalue weighted by atomic mass is 16.5. The molecular weight excluding hydrogens is 747 g/mol. The van der Waals surface area contributed by atoms with E-state index in [0.717, 1.165) is 136 Å². The summed E-state index contributed by atoms with van der Waals surface area (Å²) in [5, 5.41) is 9.35. The van der Waals surface area contributed by atoms with Crippen molar-refractivity contribution in [1.29, 1.82) is 0 Å². The largest absolute Gasteiger partial charge is 0.465 e. The normalized spacial score (nSPS) is 14.8. The highest BCUT2D eigenvalue weighted by Gasteiger charge is 2.21. The summed E-state index contributed by atoms with van der Waals surface area (Å²) in [6, 6.07) is 0. The van der Waals surface area contributed by atoms with E-state index in [1.54, 1.807) is 0 Å². The smallest absolute Gasteiger partial charge is 0.308 e. The van der Waals surface area contributed by atoms with E-state index in [-0.39, 0.29) is 30.4 Å². The van der Waals surface area contributed by atoms with E-state index in [0.29, 0.717) is 13.2 Å². The Morgan fingerprint density at radius 3 is 1.13 bits per heavy atom. The molecule has 0 aromatic rings. The second-order valence-electron chi connectivity index (χ2n) is 18.6. The zero-order valence-corrected chi connectivity index (χ0v) is 40.7. The zero-order chi connectivity index (χ0) is 43.6. The van der Waals surface area contributed by atoms with Crippen LogP contribution in [0, 0.1) is 11.8 Å². The lowest BCUT2D eigenvalue weighted by Gasteiger charge is -2.35. The number of β-amino-alcohol motifs (C(OH)–C–C–N with tert-alkyl or cyclic N) is 1. The first-order valence-corrected chi connectivity index (χ1v) is 26.6. The van der Waals surface area contributed by atoms with Crippen LogP contribution in [0.15, 0.2) is 0 Å². The second kappa shape index (κ2) is 43.1. The first-order chi connectivity index (χ1) is 29.5. The molecule has 2 unspecified atom stereocenters. The Bertz CT molecular complexity index is 871. The summed E-state index contributed by atoms with van der Waals surface area (Å²) in [7, 11) is 0. The monoisotopic (exact) mass is 850 g/mol. The summed E-state index contributed by atoms with van der Waals surface area (Å²) in [6.45, 7) is 19.9. The van der Waals surface area contributed by atoms with Gasteiger partial charge in [-0.25, -0.2) is 0 Å². The molecule has 1 saturated heterocycles. The molecule has 60 heavy (non-hydrogen) atoms. The van der Waals surface area contributed by atoms with Crippen LogP contribution < -0.4 is 0 Å². The quantitative estimate of drug-likeness (QED) is 0.0479. The van der Waals surface area contributed by atoms with Crippen molar-refractivity contribution in [3.05, 3.63) is 0 Å². The molecule has 8 nitrogen and oxygen atoms in total. The first-order valence-electron chi connectivity index (χ1n) is 26.6. The average Bonchev–Trinajstić information content (AvgIpc) is 3.25. The molecule has 0 spiro atoms. The van der Waals surface area contributed by atoms with Gasteiger partial charge < -0.3 is 19.5 Å². The Morgan fingerprint density at radius 1 is 0.433 bits per heavy atom. The third-order valence-electron chi connectivity index (χ3n) is 13.1. The van der Waals surface area contributed by atoms with E-state index >= 15 is 0 Å². The topological polar surface area (TPSA) is 82.5 Å². The number of piperazine rings is 1. The van der Waals surface area contributed by atoms with Gasteiger partial charge >= 0.3 is 11.9 Å². The number of esters is 2. The molecule has 1 aliphatic heterocycles. The molecule has 0 saturated carbocycles. The number of carbonyl (C=O) groups is 2. The SMILES string of the molecule is CCCCCCCCC(CCCCCC)C(=O)OCCCCCCN(CCCCCCOC(=O)C(CCCCCC)CCCCCCCC)CCN1CCN(CCO)CC1. The molecule has 356 valence electrons. The Kier molecular flexibility index (Phi) is 40.8. The van der Waals surface area contributed by atoms with Gasteiger partial charge in [0.15, 0.2) is 0 Å². The number of ether oxygens (including phenoxy) is 2. The summed E-state index contributed by atoms with van der Waals surface area (Å²) >= 11 is 0. The summed E-state index contributed by atoms with van der Waals surface area (Å²) in [4.78, 5) is 33.8.